The van der Waals surface area contributed by atoms with Crippen molar-refractivity contribution in [1.29, 1.82) is 0 Å². The number of thioether (sulfide) groups is 1. The van der Waals surface area contributed by atoms with Crippen LogP contribution in [0.3, 0.4) is 0 Å². The van der Waals surface area contributed by atoms with E-state index < -0.39 is 10.9 Å². The maximum Gasteiger partial charge on any atom is 0.338 e. The van der Waals surface area contributed by atoms with Gasteiger partial charge in [0.2, 0.25) is 0 Å². The monoisotopic (exact) mass is 414 g/mol. The van der Waals surface area contributed by atoms with Gasteiger partial charge in [-0.25, -0.2) is 4.79 Å². The molecule has 1 aliphatic rings. The first-order chi connectivity index (χ1) is 13.4. The topological polar surface area (TPSA) is 89.8 Å². The van der Waals surface area contributed by atoms with E-state index in [-0.39, 0.29) is 18.2 Å². The van der Waals surface area contributed by atoms with Crippen LogP contribution in [0.15, 0.2) is 53.4 Å². The van der Waals surface area contributed by atoms with Crippen molar-refractivity contribution in [2.75, 3.05) is 11.5 Å². The number of nitro groups is 1. The number of nitro benzene ring substituents is 1. The Morgan fingerprint density at radius 3 is 2.43 bits per heavy atom. The van der Waals surface area contributed by atoms with E-state index in [0.29, 0.717) is 26.0 Å². The van der Waals surface area contributed by atoms with E-state index in [1.165, 1.54) is 17.0 Å². The summed E-state index contributed by atoms with van der Waals surface area (Å²) in [5.74, 6) is -0.727. The average molecular weight is 414 g/mol. The molecule has 2 aromatic carbocycles. The highest BCUT2D eigenvalue weighted by molar-refractivity contribution is 8.27. The molecule has 2 aromatic rings. The van der Waals surface area contributed by atoms with E-state index in [2.05, 4.69) is 0 Å². The van der Waals surface area contributed by atoms with Crippen LogP contribution >= 0.6 is 24.0 Å². The molecule has 142 valence electrons. The normalized spacial score (nSPS) is 15.2. The molecule has 1 aliphatic heterocycles. The minimum absolute atomic E-state index is 0.0219. The Bertz CT molecular complexity index is 984. The number of carbonyl (C=O) groups is 2. The second-order valence-corrected chi connectivity index (χ2v) is 7.31. The molecule has 0 saturated carbocycles. The molecule has 0 aromatic heterocycles. The van der Waals surface area contributed by atoms with Gasteiger partial charge in [0.25, 0.3) is 11.6 Å². The molecule has 0 bridgehead atoms. The molecular weight excluding hydrogens is 400 g/mol. The SMILES string of the molecule is CCOC(=O)c1ccc(N2C(=O)/C(=C\c3ccc([N+](=O)[O-])cc3)SC2=S)cc1. The molecule has 1 heterocycles. The predicted molar refractivity (Wildman–Crippen MR) is 111 cm³/mol. The standard InChI is InChI=1S/C19H14N2O5S2/c1-2-26-18(23)13-5-9-14(10-6-13)20-17(22)16(28-19(20)27)11-12-3-7-15(8-4-12)21(24)25/h3-11H,2H2,1H3/b16-11+. The number of non-ortho nitro benzene ring substituents is 1. The van der Waals surface area contributed by atoms with Gasteiger partial charge >= 0.3 is 5.97 Å². The zero-order valence-electron chi connectivity index (χ0n) is 14.7. The second kappa shape index (κ2) is 8.32. The van der Waals surface area contributed by atoms with E-state index in [1.807, 2.05) is 0 Å². The lowest BCUT2D eigenvalue weighted by molar-refractivity contribution is -0.384. The lowest BCUT2D eigenvalue weighted by atomic mass is 10.2. The van der Waals surface area contributed by atoms with Gasteiger partial charge in [-0.15, -0.1) is 0 Å². The third-order valence-electron chi connectivity index (χ3n) is 3.83. The van der Waals surface area contributed by atoms with Crippen LogP contribution in [0.2, 0.25) is 0 Å². The predicted octanol–water partition coefficient (Wildman–Crippen LogP) is 4.18. The summed E-state index contributed by atoms with van der Waals surface area (Å²) in [5, 5.41) is 10.7. The largest absolute Gasteiger partial charge is 0.462 e. The summed E-state index contributed by atoms with van der Waals surface area (Å²) < 4.78 is 5.30. The number of carbonyl (C=O) groups excluding carboxylic acids is 2. The molecule has 0 N–H and O–H groups in total. The van der Waals surface area contributed by atoms with Crippen LogP contribution in [-0.2, 0) is 9.53 Å². The summed E-state index contributed by atoms with van der Waals surface area (Å²) in [6.07, 6.45) is 1.63. The van der Waals surface area contributed by atoms with Gasteiger partial charge in [0.15, 0.2) is 4.32 Å². The van der Waals surface area contributed by atoms with E-state index in [9.17, 15) is 19.7 Å². The van der Waals surface area contributed by atoms with Gasteiger partial charge in [-0.05, 0) is 55.0 Å². The fourth-order valence-electron chi connectivity index (χ4n) is 2.49. The maximum atomic E-state index is 12.8. The number of thiocarbonyl (C=S) groups is 1. The summed E-state index contributed by atoms with van der Waals surface area (Å²) in [6.45, 7) is 2.01. The van der Waals surface area contributed by atoms with Gasteiger partial charge in [0.1, 0.15) is 0 Å². The van der Waals surface area contributed by atoms with Gasteiger partial charge in [-0.3, -0.25) is 19.8 Å². The average Bonchev–Trinajstić information content (AvgIpc) is 2.96. The smallest absolute Gasteiger partial charge is 0.338 e. The van der Waals surface area contributed by atoms with Crippen molar-refractivity contribution in [3.8, 4) is 0 Å². The van der Waals surface area contributed by atoms with Crippen molar-refractivity contribution in [2.24, 2.45) is 0 Å². The number of nitrogens with zero attached hydrogens (tertiary/aromatic N) is 2. The second-order valence-electron chi connectivity index (χ2n) is 5.63. The van der Waals surface area contributed by atoms with Crippen LogP contribution in [0.1, 0.15) is 22.8 Å². The van der Waals surface area contributed by atoms with Crippen molar-refractivity contribution >= 4 is 57.6 Å². The number of rotatable bonds is 5. The third-order valence-corrected chi connectivity index (χ3v) is 5.13. The summed E-state index contributed by atoms with van der Waals surface area (Å²) in [7, 11) is 0. The van der Waals surface area contributed by atoms with Crippen LogP contribution in [0.4, 0.5) is 11.4 Å². The fraction of sp³-hybridized carbons (Fsp3) is 0.105. The number of esters is 1. The lowest BCUT2D eigenvalue weighted by Crippen LogP contribution is -2.27. The van der Waals surface area contributed by atoms with Crippen molar-refractivity contribution in [3.05, 3.63) is 74.7 Å². The molecule has 0 aliphatic carbocycles. The molecule has 0 atom stereocenters. The Kier molecular flexibility index (Phi) is 5.86. The third kappa shape index (κ3) is 4.10. The van der Waals surface area contributed by atoms with Crippen LogP contribution in [-0.4, -0.2) is 27.7 Å². The van der Waals surface area contributed by atoms with E-state index in [1.54, 1.807) is 49.4 Å². The molecule has 0 radical (unpaired) electrons. The molecule has 1 fully saturated rings. The zero-order chi connectivity index (χ0) is 20.3. The van der Waals surface area contributed by atoms with Gasteiger partial charge in [-0.2, -0.15) is 0 Å². The highest BCUT2D eigenvalue weighted by atomic mass is 32.2. The van der Waals surface area contributed by atoms with Crippen LogP contribution < -0.4 is 4.90 Å². The first-order valence-corrected chi connectivity index (χ1v) is 9.42. The van der Waals surface area contributed by atoms with Gasteiger partial charge in [0.05, 0.1) is 27.7 Å². The van der Waals surface area contributed by atoms with Crippen LogP contribution in [0.5, 0.6) is 0 Å². The Labute approximate surface area is 170 Å². The summed E-state index contributed by atoms with van der Waals surface area (Å²) in [4.78, 5) is 36.6. The minimum Gasteiger partial charge on any atom is -0.462 e. The quantitative estimate of drug-likeness (QED) is 0.238. The van der Waals surface area contributed by atoms with E-state index >= 15 is 0 Å². The Balaban J connectivity index is 1.81. The summed E-state index contributed by atoms with van der Waals surface area (Å²) in [6, 6.07) is 12.3. The first-order valence-electron chi connectivity index (χ1n) is 8.20. The number of anilines is 1. The first kappa shape index (κ1) is 19.7. The molecule has 0 unspecified atom stereocenters. The molecular formula is C19H14N2O5S2. The zero-order valence-corrected chi connectivity index (χ0v) is 16.3. The van der Waals surface area contributed by atoms with Crippen LogP contribution in [0, 0.1) is 10.1 Å². The molecule has 28 heavy (non-hydrogen) atoms. The number of hydrogen-bond donors (Lipinski definition) is 0. The Morgan fingerprint density at radius 1 is 1.21 bits per heavy atom. The summed E-state index contributed by atoms with van der Waals surface area (Å²) in [5.41, 5.74) is 1.57. The molecule has 3 rings (SSSR count). The lowest BCUT2D eigenvalue weighted by Gasteiger charge is -2.14. The number of benzene rings is 2. The highest BCUT2D eigenvalue weighted by Gasteiger charge is 2.33. The summed E-state index contributed by atoms with van der Waals surface area (Å²) >= 11 is 6.46. The number of ether oxygens (including phenoxy) is 1. The van der Waals surface area contributed by atoms with Crippen molar-refractivity contribution in [3.63, 3.8) is 0 Å². The van der Waals surface area contributed by atoms with Crippen molar-refractivity contribution < 1.29 is 19.2 Å². The van der Waals surface area contributed by atoms with Crippen molar-refractivity contribution in [2.45, 2.75) is 6.92 Å². The van der Waals surface area contributed by atoms with Crippen LogP contribution in [0.25, 0.3) is 6.08 Å². The van der Waals surface area contributed by atoms with Crippen molar-refractivity contribution in [1.82, 2.24) is 0 Å². The van der Waals surface area contributed by atoms with Gasteiger partial charge in [0, 0.05) is 12.1 Å². The van der Waals surface area contributed by atoms with E-state index in [0.717, 1.165) is 11.8 Å². The van der Waals surface area contributed by atoms with Gasteiger partial charge < -0.3 is 4.74 Å². The molecule has 0 spiro atoms. The number of amides is 1. The minimum atomic E-state index is -0.483. The Hall–Kier alpha value is -3.04. The van der Waals surface area contributed by atoms with Gasteiger partial charge in [-0.1, -0.05) is 24.0 Å². The molecule has 7 nitrogen and oxygen atoms in total. The fourth-order valence-corrected chi connectivity index (χ4v) is 3.79. The Morgan fingerprint density at radius 2 is 1.86 bits per heavy atom. The molecule has 1 saturated heterocycles. The molecule has 9 heteroatoms. The maximum absolute atomic E-state index is 12.8. The molecule has 1 amide bonds. The number of hydrogen-bond acceptors (Lipinski definition) is 7. The highest BCUT2D eigenvalue weighted by Crippen LogP contribution is 2.36. The van der Waals surface area contributed by atoms with E-state index in [4.69, 9.17) is 17.0 Å².